The summed E-state index contributed by atoms with van der Waals surface area (Å²) in [7, 11) is 0. The molecular weight excluding hydrogens is 290 g/mol. The molecule has 2 aromatic rings. The van der Waals surface area contributed by atoms with E-state index in [1.165, 1.54) is 0 Å². The Hall–Kier alpha value is -1.74. The summed E-state index contributed by atoms with van der Waals surface area (Å²) in [4.78, 5) is 17.0. The van der Waals surface area contributed by atoms with Crippen molar-refractivity contribution in [3.63, 3.8) is 0 Å². The third kappa shape index (κ3) is 3.92. The molecule has 0 aliphatic carbocycles. The van der Waals surface area contributed by atoms with E-state index in [9.17, 15) is 4.79 Å². The van der Waals surface area contributed by atoms with E-state index < -0.39 is 0 Å². The molecule has 0 spiro atoms. The molecule has 0 heterocycles. The number of carbonyl (C=O) groups is 1. The van der Waals surface area contributed by atoms with Crippen molar-refractivity contribution in [3.8, 4) is 0 Å². The SMILES string of the molecule is CC(C)N(C(=O)c1ccccc1Sc1ccccc1)C(C)C. The number of rotatable bonds is 5. The van der Waals surface area contributed by atoms with Crippen LogP contribution in [0.25, 0.3) is 0 Å². The lowest BCUT2D eigenvalue weighted by molar-refractivity contribution is 0.0640. The first-order valence-corrected chi connectivity index (χ1v) is 8.47. The quantitative estimate of drug-likeness (QED) is 0.765. The molecule has 0 atom stereocenters. The van der Waals surface area contributed by atoms with E-state index in [1.807, 2.05) is 47.4 Å². The van der Waals surface area contributed by atoms with Crippen LogP contribution in [0.4, 0.5) is 0 Å². The summed E-state index contributed by atoms with van der Waals surface area (Å²) in [6.07, 6.45) is 0. The Morgan fingerprint density at radius 1 is 0.864 bits per heavy atom. The van der Waals surface area contributed by atoms with Crippen molar-refractivity contribution < 1.29 is 4.79 Å². The maximum atomic E-state index is 13.0. The first-order chi connectivity index (χ1) is 10.5. The van der Waals surface area contributed by atoms with Crippen LogP contribution in [0.2, 0.25) is 0 Å². The predicted molar refractivity (Wildman–Crippen MR) is 93.4 cm³/mol. The Bertz CT molecular complexity index is 614. The highest BCUT2D eigenvalue weighted by Gasteiger charge is 2.23. The minimum Gasteiger partial charge on any atom is -0.334 e. The van der Waals surface area contributed by atoms with Gasteiger partial charge >= 0.3 is 0 Å². The molecule has 0 aliphatic heterocycles. The summed E-state index contributed by atoms with van der Waals surface area (Å²) in [5, 5.41) is 0. The highest BCUT2D eigenvalue weighted by atomic mass is 32.2. The molecule has 3 heteroatoms. The summed E-state index contributed by atoms with van der Waals surface area (Å²) >= 11 is 1.64. The zero-order chi connectivity index (χ0) is 16.1. The first-order valence-electron chi connectivity index (χ1n) is 7.65. The minimum atomic E-state index is 0.101. The highest BCUT2D eigenvalue weighted by Crippen LogP contribution is 2.31. The van der Waals surface area contributed by atoms with Gasteiger partial charge in [0, 0.05) is 21.9 Å². The summed E-state index contributed by atoms with van der Waals surface area (Å²) in [6, 6.07) is 18.4. The molecule has 0 bridgehead atoms. The second-order valence-electron chi connectivity index (χ2n) is 5.81. The van der Waals surface area contributed by atoms with Crippen molar-refractivity contribution in [1.29, 1.82) is 0 Å². The molecule has 0 radical (unpaired) electrons. The van der Waals surface area contributed by atoms with Crippen molar-refractivity contribution in [1.82, 2.24) is 4.90 Å². The van der Waals surface area contributed by atoms with Crippen LogP contribution < -0.4 is 0 Å². The highest BCUT2D eigenvalue weighted by molar-refractivity contribution is 7.99. The monoisotopic (exact) mass is 313 g/mol. The second kappa shape index (κ2) is 7.50. The lowest BCUT2D eigenvalue weighted by Gasteiger charge is -2.31. The van der Waals surface area contributed by atoms with Gasteiger partial charge in [0.25, 0.3) is 5.91 Å². The maximum absolute atomic E-state index is 13.0. The summed E-state index contributed by atoms with van der Waals surface area (Å²) < 4.78 is 0. The molecule has 1 amide bonds. The fourth-order valence-electron chi connectivity index (χ4n) is 2.55. The lowest BCUT2D eigenvalue weighted by atomic mass is 10.1. The van der Waals surface area contributed by atoms with Gasteiger partial charge in [0.1, 0.15) is 0 Å². The van der Waals surface area contributed by atoms with Crippen LogP contribution in [-0.2, 0) is 0 Å². The van der Waals surface area contributed by atoms with Crippen LogP contribution in [-0.4, -0.2) is 22.9 Å². The van der Waals surface area contributed by atoms with Crippen molar-refractivity contribution in [2.24, 2.45) is 0 Å². The van der Waals surface area contributed by atoms with E-state index in [4.69, 9.17) is 0 Å². The third-order valence-electron chi connectivity index (χ3n) is 3.44. The van der Waals surface area contributed by atoms with Crippen LogP contribution in [0.15, 0.2) is 64.4 Å². The standard InChI is InChI=1S/C19H23NOS/c1-14(2)20(15(3)4)19(21)17-12-8-9-13-18(17)22-16-10-6-5-7-11-16/h5-15H,1-4H3. The Kier molecular flexibility index (Phi) is 5.67. The van der Waals surface area contributed by atoms with Gasteiger partial charge in [-0.25, -0.2) is 0 Å². The van der Waals surface area contributed by atoms with Crippen molar-refractivity contribution in [3.05, 3.63) is 60.2 Å². The van der Waals surface area contributed by atoms with Crippen LogP contribution in [0, 0.1) is 0 Å². The first kappa shape index (κ1) is 16.6. The molecule has 116 valence electrons. The van der Waals surface area contributed by atoms with E-state index in [0.717, 1.165) is 15.4 Å². The number of amides is 1. The van der Waals surface area contributed by atoms with Gasteiger partial charge in [0.15, 0.2) is 0 Å². The Morgan fingerprint density at radius 2 is 1.41 bits per heavy atom. The summed E-state index contributed by atoms with van der Waals surface area (Å²) in [5.41, 5.74) is 0.777. The molecule has 0 aliphatic rings. The van der Waals surface area contributed by atoms with Gasteiger partial charge in [-0.3, -0.25) is 4.79 Å². The van der Waals surface area contributed by atoms with E-state index >= 15 is 0 Å². The average molecular weight is 313 g/mol. The van der Waals surface area contributed by atoms with Crippen molar-refractivity contribution in [2.75, 3.05) is 0 Å². The molecule has 2 aromatic carbocycles. The fourth-order valence-corrected chi connectivity index (χ4v) is 3.51. The number of hydrogen-bond donors (Lipinski definition) is 0. The van der Waals surface area contributed by atoms with Gasteiger partial charge in [-0.2, -0.15) is 0 Å². The largest absolute Gasteiger partial charge is 0.334 e. The summed E-state index contributed by atoms with van der Waals surface area (Å²) in [5.74, 6) is 0.101. The van der Waals surface area contributed by atoms with Crippen LogP contribution >= 0.6 is 11.8 Å². The van der Waals surface area contributed by atoms with Crippen molar-refractivity contribution >= 4 is 17.7 Å². The third-order valence-corrected chi connectivity index (χ3v) is 4.52. The summed E-state index contributed by atoms with van der Waals surface area (Å²) in [6.45, 7) is 8.24. The lowest BCUT2D eigenvalue weighted by Crippen LogP contribution is -2.42. The second-order valence-corrected chi connectivity index (χ2v) is 6.93. The number of nitrogens with zero attached hydrogens (tertiary/aromatic N) is 1. The van der Waals surface area contributed by atoms with E-state index in [-0.39, 0.29) is 18.0 Å². The maximum Gasteiger partial charge on any atom is 0.255 e. The van der Waals surface area contributed by atoms with Crippen LogP contribution in [0.3, 0.4) is 0 Å². The molecule has 0 unspecified atom stereocenters. The van der Waals surface area contributed by atoms with Crippen LogP contribution in [0.1, 0.15) is 38.1 Å². The zero-order valence-corrected chi connectivity index (χ0v) is 14.4. The predicted octanol–water partition coefficient (Wildman–Crippen LogP) is 5.10. The van der Waals surface area contributed by atoms with E-state index in [1.54, 1.807) is 11.8 Å². The Balaban J connectivity index is 2.33. The van der Waals surface area contributed by atoms with Crippen molar-refractivity contribution in [2.45, 2.75) is 49.6 Å². The molecule has 0 aromatic heterocycles. The molecule has 0 fully saturated rings. The minimum absolute atomic E-state index is 0.101. The topological polar surface area (TPSA) is 20.3 Å². The number of benzene rings is 2. The molecule has 0 saturated heterocycles. The number of carbonyl (C=O) groups excluding carboxylic acids is 1. The van der Waals surface area contributed by atoms with Gasteiger partial charge in [-0.15, -0.1) is 0 Å². The molecular formula is C19H23NOS. The molecule has 0 saturated carbocycles. The number of hydrogen-bond acceptors (Lipinski definition) is 2. The van der Waals surface area contributed by atoms with Gasteiger partial charge in [0.2, 0.25) is 0 Å². The van der Waals surface area contributed by atoms with Gasteiger partial charge < -0.3 is 4.90 Å². The zero-order valence-electron chi connectivity index (χ0n) is 13.6. The van der Waals surface area contributed by atoms with Crippen LogP contribution in [0.5, 0.6) is 0 Å². The van der Waals surface area contributed by atoms with E-state index in [0.29, 0.717) is 0 Å². The molecule has 2 rings (SSSR count). The smallest absolute Gasteiger partial charge is 0.255 e. The average Bonchev–Trinajstić information content (AvgIpc) is 2.48. The Labute approximate surface area is 137 Å². The molecule has 0 N–H and O–H groups in total. The molecule has 2 nitrogen and oxygen atoms in total. The fraction of sp³-hybridized carbons (Fsp3) is 0.316. The Morgan fingerprint density at radius 3 is 2.00 bits per heavy atom. The van der Waals surface area contributed by atoms with Gasteiger partial charge in [-0.1, -0.05) is 42.1 Å². The van der Waals surface area contributed by atoms with Gasteiger partial charge in [-0.05, 0) is 52.0 Å². The molecule has 22 heavy (non-hydrogen) atoms. The normalized spacial score (nSPS) is 11.0. The van der Waals surface area contributed by atoms with E-state index in [2.05, 4.69) is 39.8 Å². The van der Waals surface area contributed by atoms with Gasteiger partial charge in [0.05, 0.1) is 5.56 Å².